The second-order valence-corrected chi connectivity index (χ2v) is 5.26. The van der Waals surface area contributed by atoms with Crippen LogP contribution in [0.5, 0.6) is 0 Å². The van der Waals surface area contributed by atoms with Gasteiger partial charge >= 0.3 is 11.8 Å². The van der Waals surface area contributed by atoms with E-state index in [4.69, 9.17) is 0 Å². The third kappa shape index (κ3) is 4.16. The first-order valence-corrected chi connectivity index (χ1v) is 5.82. The average molecular weight is 249 g/mol. The molecule has 1 unspecified atom stereocenters. The number of hydrogen-bond acceptors (Lipinski definition) is 3. The number of nitrogens with one attached hydrogen (secondary N) is 2. The van der Waals surface area contributed by atoms with Gasteiger partial charge in [0.15, 0.2) is 0 Å². The lowest BCUT2D eigenvalue weighted by Crippen LogP contribution is -2.46. The van der Waals surface area contributed by atoms with Crippen LogP contribution in [0.2, 0.25) is 0 Å². The molecule has 2 amide bonds. The first-order chi connectivity index (χ1) is 8.30. The molecule has 0 bridgehead atoms. The predicted octanol–water partition coefficient (Wildman–Crippen LogP) is 1.57. The largest absolute Gasteiger partial charge is 0.345 e. The Bertz CT molecular complexity index is 424. The fourth-order valence-electron chi connectivity index (χ4n) is 1.10. The number of carbonyl (C=O) groups is 2. The summed E-state index contributed by atoms with van der Waals surface area (Å²) in [6.45, 7) is 7.86. The van der Waals surface area contributed by atoms with E-state index in [0.29, 0.717) is 5.69 Å². The van der Waals surface area contributed by atoms with Crippen LogP contribution in [0.3, 0.4) is 0 Å². The van der Waals surface area contributed by atoms with Crippen LogP contribution < -0.4 is 10.6 Å². The minimum atomic E-state index is -0.681. The fraction of sp³-hybridized carbons (Fsp3) is 0.462. The van der Waals surface area contributed by atoms with E-state index in [1.165, 1.54) is 6.20 Å². The molecule has 0 saturated heterocycles. The van der Waals surface area contributed by atoms with Crippen molar-refractivity contribution in [3.05, 3.63) is 24.5 Å². The molecule has 0 saturated carbocycles. The molecular weight excluding hydrogens is 230 g/mol. The zero-order valence-corrected chi connectivity index (χ0v) is 11.2. The Kier molecular flexibility index (Phi) is 4.42. The summed E-state index contributed by atoms with van der Waals surface area (Å²) in [6.07, 6.45) is 3.08. The monoisotopic (exact) mass is 249 g/mol. The lowest BCUT2D eigenvalue weighted by atomic mass is 9.88. The van der Waals surface area contributed by atoms with E-state index in [0.717, 1.165) is 0 Å². The van der Waals surface area contributed by atoms with Crippen LogP contribution in [0.4, 0.5) is 5.69 Å². The highest BCUT2D eigenvalue weighted by Crippen LogP contribution is 2.18. The van der Waals surface area contributed by atoms with Crippen molar-refractivity contribution in [3.63, 3.8) is 0 Å². The van der Waals surface area contributed by atoms with Gasteiger partial charge in [0.1, 0.15) is 0 Å². The van der Waals surface area contributed by atoms with Gasteiger partial charge in [0.05, 0.1) is 11.9 Å². The molecule has 1 aromatic heterocycles. The number of pyridine rings is 1. The Morgan fingerprint density at radius 3 is 2.44 bits per heavy atom. The number of hydrogen-bond donors (Lipinski definition) is 2. The highest BCUT2D eigenvalue weighted by molar-refractivity contribution is 6.39. The summed E-state index contributed by atoms with van der Waals surface area (Å²) in [5.41, 5.74) is 0.408. The maximum atomic E-state index is 11.7. The summed E-state index contributed by atoms with van der Waals surface area (Å²) in [4.78, 5) is 27.1. The SMILES string of the molecule is CC(NC(=O)C(=O)Nc1cccnc1)C(C)(C)C. The summed E-state index contributed by atoms with van der Waals surface area (Å²) in [7, 11) is 0. The van der Waals surface area contributed by atoms with Crippen LogP contribution in [0.15, 0.2) is 24.5 Å². The van der Waals surface area contributed by atoms with Crippen molar-refractivity contribution in [2.75, 3.05) is 5.32 Å². The third-order valence-electron chi connectivity index (χ3n) is 2.77. The number of rotatable bonds is 2. The number of nitrogens with zero attached hydrogens (tertiary/aromatic N) is 1. The quantitative estimate of drug-likeness (QED) is 0.781. The lowest BCUT2D eigenvalue weighted by Gasteiger charge is -2.27. The summed E-state index contributed by atoms with van der Waals surface area (Å²) < 4.78 is 0. The standard InChI is InChI=1S/C13H19N3O2/c1-9(13(2,3)4)15-11(17)12(18)16-10-6-5-7-14-8-10/h5-9H,1-4H3,(H,15,17)(H,16,18). The van der Waals surface area contributed by atoms with Gasteiger partial charge < -0.3 is 10.6 Å². The van der Waals surface area contributed by atoms with E-state index in [2.05, 4.69) is 15.6 Å². The topological polar surface area (TPSA) is 71.1 Å². The molecule has 2 N–H and O–H groups in total. The summed E-state index contributed by atoms with van der Waals surface area (Å²) in [5, 5.41) is 5.15. The molecule has 1 aromatic rings. The smallest absolute Gasteiger partial charge is 0.313 e. The van der Waals surface area contributed by atoms with Crippen LogP contribution in [-0.4, -0.2) is 22.8 Å². The minimum absolute atomic E-state index is 0.0929. The molecule has 0 aliphatic rings. The Morgan fingerprint density at radius 1 is 1.28 bits per heavy atom. The summed E-state index contributed by atoms with van der Waals surface area (Å²) in [6, 6.07) is 3.26. The van der Waals surface area contributed by atoms with E-state index < -0.39 is 11.8 Å². The number of carbonyl (C=O) groups excluding carboxylic acids is 2. The van der Waals surface area contributed by atoms with E-state index in [9.17, 15) is 9.59 Å². The highest BCUT2D eigenvalue weighted by atomic mass is 16.2. The van der Waals surface area contributed by atoms with Crippen LogP contribution in [0.25, 0.3) is 0 Å². The Labute approximate surface area is 107 Å². The molecule has 0 aliphatic heterocycles. The zero-order valence-electron chi connectivity index (χ0n) is 11.2. The van der Waals surface area contributed by atoms with Crippen molar-refractivity contribution < 1.29 is 9.59 Å². The number of anilines is 1. The Hall–Kier alpha value is -1.91. The Morgan fingerprint density at radius 2 is 1.94 bits per heavy atom. The molecule has 5 nitrogen and oxygen atoms in total. The van der Waals surface area contributed by atoms with Gasteiger partial charge in [-0.2, -0.15) is 0 Å². The van der Waals surface area contributed by atoms with Gasteiger partial charge in [-0.15, -0.1) is 0 Å². The number of amides is 2. The van der Waals surface area contributed by atoms with Gasteiger partial charge in [0.2, 0.25) is 0 Å². The molecule has 1 atom stereocenters. The van der Waals surface area contributed by atoms with E-state index in [-0.39, 0.29) is 11.5 Å². The van der Waals surface area contributed by atoms with Gasteiger partial charge in [0, 0.05) is 12.2 Å². The zero-order chi connectivity index (χ0) is 13.8. The number of aromatic nitrogens is 1. The molecule has 18 heavy (non-hydrogen) atoms. The van der Waals surface area contributed by atoms with Gasteiger partial charge in [-0.05, 0) is 24.5 Å². The lowest BCUT2D eigenvalue weighted by molar-refractivity contribution is -0.137. The van der Waals surface area contributed by atoms with E-state index in [1.54, 1.807) is 18.3 Å². The molecule has 0 aliphatic carbocycles. The van der Waals surface area contributed by atoms with Gasteiger partial charge in [-0.3, -0.25) is 14.6 Å². The molecule has 0 fully saturated rings. The van der Waals surface area contributed by atoms with Crippen LogP contribution >= 0.6 is 0 Å². The van der Waals surface area contributed by atoms with E-state index >= 15 is 0 Å². The second kappa shape index (κ2) is 5.62. The van der Waals surface area contributed by atoms with Gasteiger partial charge in [-0.25, -0.2) is 0 Å². The average Bonchev–Trinajstić information content (AvgIpc) is 2.28. The molecule has 5 heteroatoms. The molecule has 98 valence electrons. The van der Waals surface area contributed by atoms with Crippen molar-refractivity contribution in [3.8, 4) is 0 Å². The maximum Gasteiger partial charge on any atom is 0.313 e. The molecular formula is C13H19N3O2. The van der Waals surface area contributed by atoms with Crippen LogP contribution in [0.1, 0.15) is 27.7 Å². The molecule has 1 rings (SSSR count). The normalized spacial score (nSPS) is 12.7. The van der Waals surface area contributed by atoms with Crippen LogP contribution in [0, 0.1) is 5.41 Å². The summed E-state index contributed by atoms with van der Waals surface area (Å²) >= 11 is 0. The highest BCUT2D eigenvalue weighted by Gasteiger charge is 2.24. The predicted molar refractivity (Wildman–Crippen MR) is 69.9 cm³/mol. The van der Waals surface area contributed by atoms with Gasteiger partial charge in [0.25, 0.3) is 0 Å². The molecule has 0 radical (unpaired) electrons. The molecule has 0 spiro atoms. The first kappa shape index (κ1) is 14.2. The second-order valence-electron chi connectivity index (χ2n) is 5.26. The van der Waals surface area contributed by atoms with Crippen molar-refractivity contribution in [1.82, 2.24) is 10.3 Å². The minimum Gasteiger partial charge on any atom is -0.345 e. The fourth-order valence-corrected chi connectivity index (χ4v) is 1.10. The van der Waals surface area contributed by atoms with Gasteiger partial charge in [-0.1, -0.05) is 20.8 Å². The van der Waals surface area contributed by atoms with Crippen molar-refractivity contribution in [2.24, 2.45) is 5.41 Å². The van der Waals surface area contributed by atoms with E-state index in [1.807, 2.05) is 27.7 Å². The van der Waals surface area contributed by atoms with Crippen molar-refractivity contribution in [1.29, 1.82) is 0 Å². The van der Waals surface area contributed by atoms with Crippen molar-refractivity contribution in [2.45, 2.75) is 33.7 Å². The molecule has 1 heterocycles. The first-order valence-electron chi connectivity index (χ1n) is 5.82. The van der Waals surface area contributed by atoms with Crippen molar-refractivity contribution >= 4 is 17.5 Å². The summed E-state index contributed by atoms with van der Waals surface area (Å²) in [5.74, 6) is -1.32. The Balaban J connectivity index is 2.55. The maximum absolute atomic E-state index is 11.7. The van der Waals surface area contributed by atoms with Crippen LogP contribution in [-0.2, 0) is 9.59 Å². The molecule has 0 aromatic carbocycles. The third-order valence-corrected chi connectivity index (χ3v) is 2.77.